The molecule has 0 aliphatic carbocycles. The lowest BCUT2D eigenvalue weighted by molar-refractivity contribution is 0.0225. The van der Waals surface area contributed by atoms with Gasteiger partial charge in [0.15, 0.2) is 0 Å². The molecule has 0 unspecified atom stereocenters. The number of carbonyl (C=O) groups excluding carboxylic acids is 1. The van der Waals surface area contributed by atoms with E-state index in [1.807, 2.05) is 45.0 Å². The molecule has 0 saturated heterocycles. The predicted molar refractivity (Wildman–Crippen MR) is 68.6 cm³/mol. The van der Waals surface area contributed by atoms with Crippen LogP contribution in [0.2, 0.25) is 0 Å². The quantitative estimate of drug-likeness (QED) is 0.709. The van der Waals surface area contributed by atoms with Crippen molar-refractivity contribution >= 4 is 6.09 Å². The normalized spacial score (nSPS) is 15.4. The summed E-state index contributed by atoms with van der Waals surface area (Å²) in [5.74, 6) is 0.851. The van der Waals surface area contributed by atoms with Gasteiger partial charge in [-0.15, -0.1) is 0 Å². The topological polar surface area (TPSA) is 38.8 Å². The molecular weight excluding hydrogens is 230 g/mol. The van der Waals surface area contributed by atoms with Crippen LogP contribution < -0.4 is 4.74 Å². The monoisotopic (exact) mass is 249 g/mol. The summed E-state index contributed by atoms with van der Waals surface area (Å²) in [5.41, 5.74) is 0.546. The van der Waals surface area contributed by atoms with Gasteiger partial charge in [-0.1, -0.05) is 18.2 Å². The van der Waals surface area contributed by atoms with Crippen molar-refractivity contribution in [3.8, 4) is 5.75 Å². The second-order valence-corrected chi connectivity index (χ2v) is 5.36. The van der Waals surface area contributed by atoms with Crippen molar-refractivity contribution < 1.29 is 14.3 Å². The molecule has 18 heavy (non-hydrogen) atoms. The Morgan fingerprint density at radius 3 is 2.78 bits per heavy atom. The number of rotatable bonds is 0. The summed E-state index contributed by atoms with van der Waals surface area (Å²) in [7, 11) is 0. The number of fused-ring (bicyclic) bond motifs is 1. The molecule has 2 rings (SSSR count). The van der Waals surface area contributed by atoms with Crippen LogP contribution in [0.15, 0.2) is 24.3 Å². The van der Waals surface area contributed by atoms with Gasteiger partial charge in [0, 0.05) is 5.56 Å². The first-order valence-electron chi connectivity index (χ1n) is 6.14. The van der Waals surface area contributed by atoms with Gasteiger partial charge in [0.25, 0.3) is 0 Å². The number of ether oxygens (including phenoxy) is 2. The van der Waals surface area contributed by atoms with Crippen LogP contribution in [-0.2, 0) is 11.3 Å². The van der Waals surface area contributed by atoms with E-state index >= 15 is 0 Å². The minimum absolute atomic E-state index is 0.289. The van der Waals surface area contributed by atoms with Crippen LogP contribution in [0.25, 0.3) is 0 Å². The van der Waals surface area contributed by atoms with E-state index in [1.54, 1.807) is 4.90 Å². The molecule has 0 fully saturated rings. The molecule has 98 valence electrons. The number of carbonyl (C=O) groups is 1. The first kappa shape index (κ1) is 12.7. The van der Waals surface area contributed by atoms with Gasteiger partial charge in [-0.3, -0.25) is 0 Å². The van der Waals surface area contributed by atoms with Crippen molar-refractivity contribution in [1.82, 2.24) is 4.90 Å². The third kappa shape index (κ3) is 3.15. The van der Waals surface area contributed by atoms with E-state index in [4.69, 9.17) is 9.47 Å². The van der Waals surface area contributed by atoms with Crippen LogP contribution in [0.4, 0.5) is 4.79 Å². The molecule has 0 bridgehead atoms. The Hall–Kier alpha value is -1.71. The fourth-order valence-electron chi connectivity index (χ4n) is 1.81. The molecule has 1 heterocycles. The fraction of sp³-hybridized carbons (Fsp3) is 0.500. The van der Waals surface area contributed by atoms with Crippen LogP contribution in [-0.4, -0.2) is 29.7 Å². The maximum Gasteiger partial charge on any atom is 0.410 e. The van der Waals surface area contributed by atoms with Gasteiger partial charge in [-0.05, 0) is 26.8 Å². The smallest absolute Gasteiger partial charge is 0.410 e. The van der Waals surface area contributed by atoms with E-state index in [1.165, 1.54) is 0 Å². The van der Waals surface area contributed by atoms with Crippen molar-refractivity contribution in [3.63, 3.8) is 0 Å². The van der Waals surface area contributed by atoms with Crippen molar-refractivity contribution in [3.05, 3.63) is 29.8 Å². The molecule has 1 aromatic rings. The van der Waals surface area contributed by atoms with Crippen LogP contribution >= 0.6 is 0 Å². The number of nitrogens with zero attached hydrogens (tertiary/aromatic N) is 1. The lowest BCUT2D eigenvalue weighted by atomic mass is 10.2. The maximum atomic E-state index is 12.0. The predicted octanol–water partition coefficient (Wildman–Crippen LogP) is 2.82. The minimum atomic E-state index is -0.468. The zero-order chi connectivity index (χ0) is 13.2. The summed E-state index contributed by atoms with van der Waals surface area (Å²) in [5, 5.41) is 0. The number of amides is 1. The fourth-order valence-corrected chi connectivity index (χ4v) is 1.81. The number of para-hydroxylation sites is 1. The highest BCUT2D eigenvalue weighted by atomic mass is 16.6. The lowest BCUT2D eigenvalue weighted by Gasteiger charge is -2.26. The van der Waals surface area contributed by atoms with Crippen molar-refractivity contribution in [2.75, 3.05) is 13.2 Å². The van der Waals surface area contributed by atoms with Crippen LogP contribution in [0.5, 0.6) is 5.75 Å². The molecule has 0 aromatic heterocycles. The van der Waals surface area contributed by atoms with E-state index in [0.717, 1.165) is 11.3 Å². The molecule has 0 atom stereocenters. The maximum absolute atomic E-state index is 12.0. The summed E-state index contributed by atoms with van der Waals surface area (Å²) in [6, 6.07) is 7.77. The Kier molecular flexibility index (Phi) is 3.45. The first-order valence-corrected chi connectivity index (χ1v) is 6.14. The molecule has 0 spiro atoms. The summed E-state index contributed by atoms with van der Waals surface area (Å²) >= 11 is 0. The Morgan fingerprint density at radius 2 is 2.06 bits per heavy atom. The average molecular weight is 249 g/mol. The third-order valence-electron chi connectivity index (χ3n) is 2.60. The second kappa shape index (κ2) is 4.88. The van der Waals surface area contributed by atoms with E-state index in [9.17, 15) is 4.79 Å². The van der Waals surface area contributed by atoms with Gasteiger partial charge in [0.1, 0.15) is 18.0 Å². The van der Waals surface area contributed by atoms with Gasteiger partial charge in [-0.2, -0.15) is 0 Å². The standard InChI is InChI=1S/C14H19NO3/c1-14(2,3)18-13(16)15-8-9-17-12-7-5-4-6-11(12)10-15/h4-7H,8-10H2,1-3H3. The minimum Gasteiger partial charge on any atom is -0.491 e. The highest BCUT2D eigenvalue weighted by Gasteiger charge is 2.24. The second-order valence-electron chi connectivity index (χ2n) is 5.36. The van der Waals surface area contributed by atoms with E-state index in [2.05, 4.69) is 0 Å². The summed E-state index contributed by atoms with van der Waals surface area (Å²) in [6.45, 7) is 7.18. The summed E-state index contributed by atoms with van der Waals surface area (Å²) < 4.78 is 11.0. The largest absolute Gasteiger partial charge is 0.491 e. The molecule has 0 radical (unpaired) electrons. The number of hydrogen-bond acceptors (Lipinski definition) is 3. The number of benzene rings is 1. The molecule has 0 N–H and O–H groups in total. The van der Waals surface area contributed by atoms with Gasteiger partial charge < -0.3 is 14.4 Å². The van der Waals surface area contributed by atoms with Crippen LogP contribution in [0, 0.1) is 0 Å². The third-order valence-corrected chi connectivity index (χ3v) is 2.60. The Labute approximate surface area is 107 Å². The molecular formula is C14H19NO3. The highest BCUT2D eigenvalue weighted by molar-refractivity contribution is 5.68. The van der Waals surface area contributed by atoms with Gasteiger partial charge >= 0.3 is 6.09 Å². The molecule has 1 amide bonds. The average Bonchev–Trinajstić information content (AvgIpc) is 2.48. The van der Waals surface area contributed by atoms with Gasteiger partial charge in [0.05, 0.1) is 13.1 Å². The highest BCUT2D eigenvalue weighted by Crippen LogP contribution is 2.23. The molecule has 1 aliphatic rings. The van der Waals surface area contributed by atoms with Crippen molar-refractivity contribution in [2.45, 2.75) is 32.9 Å². The van der Waals surface area contributed by atoms with Crippen LogP contribution in [0.3, 0.4) is 0 Å². The summed E-state index contributed by atoms with van der Waals surface area (Å²) in [4.78, 5) is 13.7. The Morgan fingerprint density at radius 1 is 1.33 bits per heavy atom. The van der Waals surface area contributed by atoms with Crippen LogP contribution in [0.1, 0.15) is 26.3 Å². The van der Waals surface area contributed by atoms with E-state index in [0.29, 0.717) is 19.7 Å². The number of hydrogen-bond donors (Lipinski definition) is 0. The first-order chi connectivity index (χ1) is 8.46. The molecule has 4 heteroatoms. The van der Waals surface area contributed by atoms with Crippen molar-refractivity contribution in [2.24, 2.45) is 0 Å². The van der Waals surface area contributed by atoms with Gasteiger partial charge in [-0.25, -0.2) is 4.79 Å². The Balaban J connectivity index is 2.10. The molecule has 1 aliphatic heterocycles. The van der Waals surface area contributed by atoms with Gasteiger partial charge in [0.2, 0.25) is 0 Å². The zero-order valence-electron chi connectivity index (χ0n) is 11.1. The zero-order valence-corrected chi connectivity index (χ0v) is 11.1. The summed E-state index contributed by atoms with van der Waals surface area (Å²) in [6.07, 6.45) is -0.289. The molecule has 0 saturated carbocycles. The molecule has 4 nitrogen and oxygen atoms in total. The Bertz CT molecular complexity index is 437. The SMILES string of the molecule is CC(C)(C)OC(=O)N1CCOc2ccccc2C1. The molecule has 1 aromatic carbocycles. The van der Waals surface area contributed by atoms with E-state index in [-0.39, 0.29) is 6.09 Å². The lowest BCUT2D eigenvalue weighted by Crippen LogP contribution is -2.37. The van der Waals surface area contributed by atoms with Crippen molar-refractivity contribution in [1.29, 1.82) is 0 Å². The van der Waals surface area contributed by atoms with E-state index < -0.39 is 5.60 Å².